The van der Waals surface area contributed by atoms with Crippen LogP contribution in [0.1, 0.15) is 25.4 Å². The monoisotopic (exact) mass is 238 g/mol. The summed E-state index contributed by atoms with van der Waals surface area (Å²) < 4.78 is 42.8. The Bertz CT molecular complexity index is 308. The van der Waals surface area contributed by atoms with E-state index in [0.29, 0.717) is 19.0 Å². The lowest BCUT2D eigenvalue weighted by molar-refractivity contribution is -0.141. The van der Waals surface area contributed by atoms with Crippen LogP contribution in [0.4, 0.5) is 13.2 Å². The third-order valence-electron chi connectivity index (χ3n) is 1.80. The second kappa shape index (κ2) is 6.52. The Kier molecular flexibility index (Phi) is 6.10. The van der Waals surface area contributed by atoms with Crippen molar-refractivity contribution in [2.75, 3.05) is 13.7 Å². The van der Waals surface area contributed by atoms with E-state index in [1.54, 1.807) is 0 Å². The number of alkyl halides is 3. The van der Waals surface area contributed by atoms with E-state index >= 15 is 0 Å². The van der Waals surface area contributed by atoms with Gasteiger partial charge in [-0.3, -0.25) is 0 Å². The molecule has 3 nitrogen and oxygen atoms in total. The molecule has 1 aromatic heterocycles. The lowest BCUT2D eigenvalue weighted by atomic mass is 10.5. The molecule has 16 heavy (non-hydrogen) atoms. The molecule has 0 bridgehead atoms. The molecule has 0 saturated carbocycles. The Labute approximate surface area is 93.2 Å². The summed E-state index contributed by atoms with van der Waals surface area (Å²) in [5, 5.41) is 0. The van der Waals surface area contributed by atoms with Gasteiger partial charge in [-0.1, -0.05) is 13.8 Å². The highest BCUT2D eigenvalue weighted by Gasteiger charge is 2.34. The molecular formula is C10H17F3N2O. The molecule has 0 aliphatic heterocycles. The second-order valence-corrected chi connectivity index (χ2v) is 2.86. The molecule has 94 valence electrons. The van der Waals surface area contributed by atoms with Crippen molar-refractivity contribution in [1.82, 2.24) is 9.55 Å². The van der Waals surface area contributed by atoms with E-state index in [4.69, 9.17) is 4.74 Å². The molecule has 0 aliphatic carbocycles. The number of halogens is 3. The SMILES string of the molecule is CC.COCCn1cc(C(F)(F)F)nc1C. The number of methoxy groups -OCH3 is 1. The van der Waals surface area contributed by atoms with Gasteiger partial charge in [-0.15, -0.1) is 0 Å². The molecule has 6 heteroatoms. The number of nitrogens with zero attached hydrogens (tertiary/aromatic N) is 2. The third-order valence-corrected chi connectivity index (χ3v) is 1.80. The zero-order valence-electron chi connectivity index (χ0n) is 9.93. The van der Waals surface area contributed by atoms with Gasteiger partial charge in [0.2, 0.25) is 0 Å². The van der Waals surface area contributed by atoms with E-state index in [0.717, 1.165) is 6.20 Å². The van der Waals surface area contributed by atoms with E-state index < -0.39 is 11.9 Å². The first-order chi connectivity index (χ1) is 7.45. The van der Waals surface area contributed by atoms with Crippen LogP contribution in [-0.4, -0.2) is 23.3 Å². The summed E-state index contributed by atoms with van der Waals surface area (Å²) in [6.45, 7) is 6.28. The molecule has 0 N–H and O–H groups in total. The van der Waals surface area contributed by atoms with Crippen LogP contribution in [0, 0.1) is 6.92 Å². The molecule has 1 aromatic rings. The van der Waals surface area contributed by atoms with Gasteiger partial charge in [-0.2, -0.15) is 13.2 Å². The van der Waals surface area contributed by atoms with Gasteiger partial charge < -0.3 is 9.30 Å². The fraction of sp³-hybridized carbons (Fsp3) is 0.700. The summed E-state index contributed by atoms with van der Waals surface area (Å²) in [5.41, 5.74) is -0.855. The van der Waals surface area contributed by atoms with Gasteiger partial charge in [-0.25, -0.2) is 4.98 Å². The van der Waals surface area contributed by atoms with Gasteiger partial charge in [0.1, 0.15) is 5.82 Å². The molecule has 0 radical (unpaired) electrons. The first kappa shape index (κ1) is 15.0. The molecular weight excluding hydrogens is 221 g/mol. The summed E-state index contributed by atoms with van der Waals surface area (Å²) in [6.07, 6.45) is -3.38. The van der Waals surface area contributed by atoms with Crippen LogP contribution in [0.3, 0.4) is 0 Å². The van der Waals surface area contributed by atoms with Crippen LogP contribution in [0.15, 0.2) is 6.20 Å². The van der Waals surface area contributed by atoms with Gasteiger partial charge >= 0.3 is 6.18 Å². The van der Waals surface area contributed by atoms with Crippen LogP contribution >= 0.6 is 0 Å². The quantitative estimate of drug-likeness (QED) is 0.809. The topological polar surface area (TPSA) is 27.1 Å². The van der Waals surface area contributed by atoms with Gasteiger partial charge in [-0.05, 0) is 6.92 Å². The lowest BCUT2D eigenvalue weighted by Crippen LogP contribution is -2.06. The smallest absolute Gasteiger partial charge is 0.383 e. The molecule has 1 heterocycles. The van der Waals surface area contributed by atoms with Gasteiger partial charge in [0.15, 0.2) is 5.69 Å². The Balaban J connectivity index is 0.00000106. The van der Waals surface area contributed by atoms with Crippen LogP contribution in [0.2, 0.25) is 0 Å². The Morgan fingerprint density at radius 3 is 2.31 bits per heavy atom. The van der Waals surface area contributed by atoms with E-state index in [1.165, 1.54) is 18.6 Å². The fourth-order valence-corrected chi connectivity index (χ4v) is 1.06. The summed E-state index contributed by atoms with van der Waals surface area (Å²) in [6, 6.07) is 0. The Morgan fingerprint density at radius 1 is 1.38 bits per heavy atom. The number of rotatable bonds is 3. The van der Waals surface area contributed by atoms with Crippen molar-refractivity contribution in [2.45, 2.75) is 33.5 Å². The predicted octanol–water partition coefficient (Wildman–Crippen LogP) is 2.88. The number of ether oxygens (including phenoxy) is 1. The molecule has 0 spiro atoms. The zero-order valence-corrected chi connectivity index (χ0v) is 9.93. The third kappa shape index (κ3) is 4.22. The average molecular weight is 238 g/mol. The molecule has 0 aromatic carbocycles. The number of aryl methyl sites for hydroxylation is 1. The fourth-order valence-electron chi connectivity index (χ4n) is 1.06. The maximum Gasteiger partial charge on any atom is 0.434 e. The number of imidazole rings is 1. The number of hydrogen-bond donors (Lipinski definition) is 0. The van der Waals surface area contributed by atoms with Gasteiger partial charge in [0, 0.05) is 19.9 Å². The van der Waals surface area contributed by atoms with E-state index in [2.05, 4.69) is 4.98 Å². The highest BCUT2D eigenvalue weighted by Crippen LogP contribution is 2.28. The van der Waals surface area contributed by atoms with Crippen molar-refractivity contribution >= 4 is 0 Å². The Morgan fingerprint density at radius 2 is 1.94 bits per heavy atom. The Hall–Kier alpha value is -1.04. The van der Waals surface area contributed by atoms with Crippen molar-refractivity contribution in [3.8, 4) is 0 Å². The van der Waals surface area contributed by atoms with Gasteiger partial charge in [0.25, 0.3) is 0 Å². The van der Waals surface area contributed by atoms with Crippen molar-refractivity contribution in [2.24, 2.45) is 0 Å². The lowest BCUT2D eigenvalue weighted by Gasteiger charge is -2.02. The van der Waals surface area contributed by atoms with Crippen molar-refractivity contribution in [3.63, 3.8) is 0 Å². The van der Waals surface area contributed by atoms with Crippen LogP contribution in [-0.2, 0) is 17.5 Å². The van der Waals surface area contributed by atoms with E-state index in [9.17, 15) is 13.2 Å². The van der Waals surface area contributed by atoms with E-state index in [1.807, 2.05) is 13.8 Å². The molecule has 0 fully saturated rings. The second-order valence-electron chi connectivity index (χ2n) is 2.86. The van der Waals surface area contributed by atoms with Crippen LogP contribution in [0.25, 0.3) is 0 Å². The van der Waals surface area contributed by atoms with Crippen molar-refractivity contribution in [1.29, 1.82) is 0 Å². The molecule has 0 unspecified atom stereocenters. The maximum atomic E-state index is 12.2. The standard InChI is InChI=1S/C8H11F3N2O.C2H6/c1-6-12-7(8(9,10)11)5-13(6)3-4-14-2;1-2/h5H,3-4H2,1-2H3;1-2H3. The maximum absolute atomic E-state index is 12.2. The van der Waals surface area contributed by atoms with Crippen molar-refractivity contribution in [3.05, 3.63) is 17.7 Å². The number of hydrogen-bond acceptors (Lipinski definition) is 2. The van der Waals surface area contributed by atoms with Crippen LogP contribution < -0.4 is 0 Å². The minimum absolute atomic E-state index is 0.342. The van der Waals surface area contributed by atoms with Crippen molar-refractivity contribution < 1.29 is 17.9 Å². The molecule has 0 saturated heterocycles. The molecule has 0 aliphatic rings. The highest BCUT2D eigenvalue weighted by atomic mass is 19.4. The molecule has 0 atom stereocenters. The normalized spacial score (nSPS) is 10.9. The zero-order chi connectivity index (χ0) is 12.8. The summed E-state index contributed by atoms with van der Waals surface area (Å²) >= 11 is 0. The highest BCUT2D eigenvalue weighted by molar-refractivity contribution is 5.06. The number of aromatic nitrogens is 2. The minimum Gasteiger partial charge on any atom is -0.383 e. The first-order valence-corrected chi connectivity index (χ1v) is 5.05. The summed E-state index contributed by atoms with van der Waals surface area (Å²) in [4.78, 5) is 3.42. The average Bonchev–Trinajstić information content (AvgIpc) is 2.60. The van der Waals surface area contributed by atoms with Crippen LogP contribution in [0.5, 0.6) is 0 Å². The minimum atomic E-state index is -4.37. The summed E-state index contributed by atoms with van der Waals surface area (Å²) in [7, 11) is 1.50. The van der Waals surface area contributed by atoms with Gasteiger partial charge in [0.05, 0.1) is 6.61 Å². The van der Waals surface area contributed by atoms with E-state index in [-0.39, 0.29) is 0 Å². The molecule has 1 rings (SSSR count). The molecule has 0 amide bonds. The first-order valence-electron chi connectivity index (χ1n) is 5.05. The summed E-state index contributed by atoms with van der Waals surface area (Å²) in [5.74, 6) is 0.342. The largest absolute Gasteiger partial charge is 0.434 e. The predicted molar refractivity (Wildman–Crippen MR) is 55.2 cm³/mol.